The summed E-state index contributed by atoms with van der Waals surface area (Å²) in [6.07, 6.45) is -4.12. The molecule has 0 atom stereocenters. The van der Waals surface area contributed by atoms with Gasteiger partial charge in [0.2, 0.25) is 0 Å². The highest BCUT2D eigenvalue weighted by molar-refractivity contribution is 6.10. The van der Waals surface area contributed by atoms with Gasteiger partial charge in [0.05, 0.1) is 11.2 Å². The van der Waals surface area contributed by atoms with Crippen LogP contribution in [0.15, 0.2) is 36.9 Å². The van der Waals surface area contributed by atoms with Gasteiger partial charge in [-0.1, -0.05) is 24.3 Å². The van der Waals surface area contributed by atoms with Crippen molar-refractivity contribution in [1.82, 2.24) is 10.2 Å². The second-order valence-corrected chi connectivity index (χ2v) is 4.42. The number of carboxylic acid groups (broad SMARTS) is 1. The fraction of sp³-hybridized carbons (Fsp3) is 0.143. The van der Waals surface area contributed by atoms with E-state index in [0.29, 0.717) is 0 Å². The first-order chi connectivity index (χ1) is 10.8. The van der Waals surface area contributed by atoms with E-state index in [4.69, 9.17) is 0 Å². The summed E-state index contributed by atoms with van der Waals surface area (Å²) in [6.45, 7) is 2.77. The molecule has 23 heavy (non-hydrogen) atoms. The Morgan fingerprint density at radius 2 is 1.91 bits per heavy atom. The van der Waals surface area contributed by atoms with Gasteiger partial charge in [-0.2, -0.15) is 13.2 Å². The van der Waals surface area contributed by atoms with E-state index >= 15 is 0 Å². The topological polar surface area (TPSA) is 83.4 Å². The van der Waals surface area contributed by atoms with Crippen molar-refractivity contribution in [2.75, 3.05) is 11.4 Å². The van der Waals surface area contributed by atoms with E-state index in [2.05, 4.69) is 16.8 Å². The number of hydrogen-bond acceptors (Lipinski definition) is 4. The van der Waals surface area contributed by atoms with Crippen LogP contribution in [0.25, 0.3) is 10.9 Å². The number of benzene rings is 1. The van der Waals surface area contributed by atoms with Crippen LogP contribution in [0.4, 0.5) is 18.9 Å². The summed E-state index contributed by atoms with van der Waals surface area (Å²) in [5.41, 5.74) is -1.05. The van der Waals surface area contributed by atoms with Crippen molar-refractivity contribution < 1.29 is 27.9 Å². The number of rotatable bonds is 4. The number of aromatic carboxylic acids is 1. The zero-order valence-corrected chi connectivity index (χ0v) is 11.5. The van der Waals surface area contributed by atoms with Gasteiger partial charge in [0.1, 0.15) is 0 Å². The van der Waals surface area contributed by atoms with Crippen LogP contribution in [0.3, 0.4) is 0 Å². The van der Waals surface area contributed by atoms with Crippen LogP contribution in [0, 0.1) is 0 Å². The summed E-state index contributed by atoms with van der Waals surface area (Å²) in [6, 6.07) is 5.86. The van der Waals surface area contributed by atoms with Crippen molar-refractivity contribution in [3.8, 4) is 0 Å². The molecule has 0 bridgehead atoms. The third kappa shape index (κ3) is 3.12. The predicted molar refractivity (Wildman–Crippen MR) is 75.1 cm³/mol. The number of anilines is 1. The normalized spacial score (nSPS) is 11.3. The molecule has 1 aromatic heterocycles. The van der Waals surface area contributed by atoms with E-state index in [1.165, 1.54) is 18.2 Å². The number of carbonyl (C=O) groups is 2. The molecule has 0 aliphatic heterocycles. The van der Waals surface area contributed by atoms with E-state index in [9.17, 15) is 27.9 Å². The molecule has 1 aromatic carbocycles. The first-order valence-corrected chi connectivity index (χ1v) is 6.25. The van der Waals surface area contributed by atoms with Crippen molar-refractivity contribution in [1.29, 1.82) is 0 Å². The molecule has 1 N–H and O–H groups in total. The van der Waals surface area contributed by atoms with Gasteiger partial charge < -0.3 is 5.11 Å². The van der Waals surface area contributed by atoms with E-state index in [-0.39, 0.29) is 15.8 Å². The Balaban J connectivity index is 2.79. The van der Waals surface area contributed by atoms with Gasteiger partial charge in [0.25, 0.3) is 0 Å². The maximum atomic E-state index is 12.8. The molecule has 2 aromatic rings. The van der Waals surface area contributed by atoms with E-state index in [0.717, 1.165) is 6.08 Å². The minimum absolute atomic E-state index is 0.0688. The smallest absolute Gasteiger partial charge is 0.471 e. The van der Waals surface area contributed by atoms with Gasteiger partial charge >= 0.3 is 18.1 Å². The van der Waals surface area contributed by atoms with Crippen LogP contribution in [0.1, 0.15) is 10.5 Å². The zero-order valence-electron chi connectivity index (χ0n) is 11.5. The summed E-state index contributed by atoms with van der Waals surface area (Å²) >= 11 is 0. The van der Waals surface area contributed by atoms with Gasteiger partial charge in [-0.05, 0) is 6.07 Å². The highest BCUT2D eigenvalue weighted by Crippen LogP contribution is 2.31. The molecule has 0 radical (unpaired) electrons. The quantitative estimate of drug-likeness (QED) is 0.873. The van der Waals surface area contributed by atoms with E-state index < -0.39 is 36.0 Å². The van der Waals surface area contributed by atoms with Crippen molar-refractivity contribution in [2.24, 2.45) is 0 Å². The van der Waals surface area contributed by atoms with Crippen molar-refractivity contribution in [3.63, 3.8) is 0 Å². The molecule has 120 valence electrons. The number of carbonyl (C=O) groups excluding carboxylic acids is 1. The zero-order chi connectivity index (χ0) is 17.2. The number of alkyl halides is 3. The van der Waals surface area contributed by atoms with Crippen molar-refractivity contribution in [3.05, 3.63) is 42.6 Å². The molecule has 0 aliphatic rings. The summed E-state index contributed by atoms with van der Waals surface area (Å²) in [5, 5.41) is 16.3. The number of nitrogens with zero attached hydrogens (tertiary/aromatic N) is 3. The first-order valence-electron chi connectivity index (χ1n) is 6.25. The Morgan fingerprint density at radius 1 is 1.26 bits per heavy atom. The molecule has 1 heterocycles. The molecule has 9 heteroatoms. The van der Waals surface area contributed by atoms with Gasteiger partial charge in [-0.3, -0.25) is 9.69 Å². The lowest BCUT2D eigenvalue weighted by Crippen LogP contribution is -2.42. The minimum Gasteiger partial charge on any atom is -0.476 e. The lowest BCUT2D eigenvalue weighted by molar-refractivity contribution is -0.170. The summed E-state index contributed by atoms with van der Waals surface area (Å²) in [7, 11) is 0. The Hall–Kier alpha value is -2.97. The number of carboxylic acids is 1. The highest BCUT2D eigenvalue weighted by Gasteiger charge is 2.44. The molecule has 0 saturated carbocycles. The average Bonchev–Trinajstić information content (AvgIpc) is 2.50. The molecular weight excluding hydrogens is 315 g/mol. The molecule has 0 unspecified atom stereocenters. The van der Waals surface area contributed by atoms with Crippen molar-refractivity contribution in [2.45, 2.75) is 6.18 Å². The molecule has 0 spiro atoms. The summed E-state index contributed by atoms with van der Waals surface area (Å²) in [4.78, 5) is 23.3. The van der Waals surface area contributed by atoms with Crippen LogP contribution < -0.4 is 4.90 Å². The molecule has 0 fully saturated rings. The Morgan fingerprint density at radius 3 is 2.48 bits per heavy atom. The predicted octanol–water partition coefficient (Wildman–Crippen LogP) is 2.41. The molecular formula is C14H10F3N3O3. The number of aromatic nitrogens is 2. The molecule has 0 saturated heterocycles. The van der Waals surface area contributed by atoms with Gasteiger partial charge in [0.15, 0.2) is 5.69 Å². The summed E-state index contributed by atoms with van der Waals surface area (Å²) < 4.78 is 38.5. The average molecular weight is 325 g/mol. The second-order valence-electron chi connectivity index (χ2n) is 4.42. The van der Waals surface area contributed by atoms with Crippen LogP contribution in [0.5, 0.6) is 0 Å². The Kier molecular flexibility index (Phi) is 4.30. The van der Waals surface area contributed by atoms with Crippen LogP contribution in [-0.2, 0) is 4.79 Å². The largest absolute Gasteiger partial charge is 0.476 e. The third-order valence-electron chi connectivity index (χ3n) is 2.91. The van der Waals surface area contributed by atoms with Gasteiger partial charge in [0, 0.05) is 11.9 Å². The number of fused-ring (bicyclic) bond motifs is 1. The Labute approximate surface area is 127 Å². The number of amides is 1. The Bertz CT molecular complexity index is 790. The molecule has 2 rings (SSSR count). The highest BCUT2D eigenvalue weighted by atomic mass is 19.4. The summed E-state index contributed by atoms with van der Waals surface area (Å²) in [5.74, 6) is -3.81. The van der Waals surface area contributed by atoms with Crippen LogP contribution in [-0.4, -0.2) is 39.9 Å². The van der Waals surface area contributed by atoms with Gasteiger partial charge in [-0.25, -0.2) is 4.79 Å². The number of hydrogen-bond donors (Lipinski definition) is 1. The first kappa shape index (κ1) is 16.4. The molecule has 1 amide bonds. The van der Waals surface area contributed by atoms with E-state index in [1.807, 2.05) is 0 Å². The van der Waals surface area contributed by atoms with Crippen molar-refractivity contribution >= 4 is 28.5 Å². The standard InChI is InChI=1S/C14H10F3N3O3/c1-2-7-20(13(23)14(15,16)17)11-8-5-3-4-6-9(8)18-19-10(11)12(21)22/h2-6H,1,7H2,(H,21,22). The van der Waals surface area contributed by atoms with Crippen LogP contribution >= 0.6 is 0 Å². The van der Waals surface area contributed by atoms with E-state index in [1.54, 1.807) is 6.07 Å². The fourth-order valence-electron chi connectivity index (χ4n) is 2.02. The van der Waals surface area contributed by atoms with Crippen LogP contribution in [0.2, 0.25) is 0 Å². The molecule has 0 aliphatic carbocycles. The van der Waals surface area contributed by atoms with Gasteiger partial charge in [-0.15, -0.1) is 16.8 Å². The monoisotopic (exact) mass is 325 g/mol. The maximum absolute atomic E-state index is 12.8. The maximum Gasteiger partial charge on any atom is 0.471 e. The third-order valence-corrected chi connectivity index (χ3v) is 2.91. The minimum atomic E-state index is -5.18. The number of halogens is 3. The second kappa shape index (κ2) is 6.03. The fourth-order valence-corrected chi connectivity index (χ4v) is 2.02. The lowest BCUT2D eigenvalue weighted by atomic mass is 10.1. The lowest BCUT2D eigenvalue weighted by Gasteiger charge is -2.24. The molecule has 6 nitrogen and oxygen atoms in total. The SMILES string of the molecule is C=CCN(C(=O)C(F)(F)F)c1c(C(=O)O)nnc2ccccc12.